The first kappa shape index (κ1) is 60.9. The molecule has 0 aliphatic carbocycles. The van der Waals surface area contributed by atoms with Gasteiger partial charge in [0, 0.05) is 12.1 Å². The van der Waals surface area contributed by atoms with Crippen molar-refractivity contribution < 1.29 is 159 Å². The van der Waals surface area contributed by atoms with Crippen LogP contribution in [-0.4, -0.2) is 326 Å². The Morgan fingerprint density at radius 2 is 0.579 bits per heavy atom. The lowest BCUT2D eigenvalue weighted by Crippen LogP contribution is -2.68. The topological polar surface area (TPSA) is 538 Å². The van der Waals surface area contributed by atoms with Crippen LogP contribution < -0.4 is 4.74 Å². The molecule has 19 N–H and O–H groups in total. The zero-order chi connectivity index (χ0) is 55.6. The average Bonchev–Trinajstić information content (AvgIpc) is 3.43. The predicted molar refractivity (Wildman–Crippen MR) is 231 cm³/mol. The highest BCUT2D eigenvalue weighted by molar-refractivity contribution is 5.36. The summed E-state index contributed by atoms with van der Waals surface area (Å²) in [5.41, 5.74) is -0.279. The number of hydrogen-bond acceptors (Lipinski definition) is 33. The minimum absolute atomic E-state index is 0.0341. The molecule has 1 aromatic carbocycles. The molecule has 1 aromatic rings. The number of nitro groups is 1. The molecule has 0 amide bonds. The Morgan fingerprint density at radius 3 is 0.842 bits per heavy atom. The Bertz CT molecular complexity index is 1960. The Hall–Kier alpha value is -2.78. The number of rotatable bonds is 19. The molecule has 6 heterocycles. The second-order valence-electron chi connectivity index (χ2n) is 18.6. The first-order valence-electron chi connectivity index (χ1n) is 23.7. The molecule has 6 saturated heterocycles. The smallest absolute Gasteiger partial charge is 0.269 e. The van der Waals surface area contributed by atoms with Crippen molar-refractivity contribution in [2.75, 3.05) is 39.6 Å². The van der Waals surface area contributed by atoms with Crippen molar-refractivity contribution in [2.45, 2.75) is 184 Å². The Morgan fingerprint density at radius 1 is 0.342 bits per heavy atom. The predicted octanol–water partition coefficient (Wildman–Crippen LogP) is -12.1. The molecule has 0 unspecified atom stereocenters. The van der Waals surface area contributed by atoms with Crippen molar-refractivity contribution in [3.05, 3.63) is 34.4 Å². The summed E-state index contributed by atoms with van der Waals surface area (Å²) in [6.45, 7) is -5.80. The fourth-order valence-electron chi connectivity index (χ4n) is 9.39. The molecule has 6 aliphatic rings. The molecule has 0 spiro atoms. The number of non-ortho nitro benzene ring substituents is 1. The van der Waals surface area contributed by atoms with Crippen molar-refractivity contribution in [1.82, 2.24) is 0 Å². The summed E-state index contributed by atoms with van der Waals surface area (Å²) in [5, 5.41) is 214. The van der Waals surface area contributed by atoms with Gasteiger partial charge in [-0.2, -0.15) is 0 Å². The molecule has 436 valence electrons. The van der Waals surface area contributed by atoms with Crippen LogP contribution in [0.2, 0.25) is 0 Å². The van der Waals surface area contributed by atoms with E-state index in [1.165, 1.54) is 12.1 Å². The molecule has 6 fully saturated rings. The van der Waals surface area contributed by atoms with Gasteiger partial charge in [0.05, 0.1) is 44.6 Å². The van der Waals surface area contributed by atoms with E-state index in [-0.39, 0.29) is 11.4 Å². The SMILES string of the molecule is O=[N+]([O-])c1ccc(O[C@@H]2O[C@H](CO)[C@@H](O[C@H]3O[C@H](CO)[C@@H](O[C@H]4O[C@H](CO)[C@@H](O[C@H]5O[C@H](CO)[C@@H](O[C@H]6O[C@H](CO)[C@@H](O[C@H]7O[C@H](CO)[C@@H](O)[C@H](O)[C@H]7O)[C@H](O)[C@H]6O)[C@H](O)[C@H]5O)[C@H](O)[C@H]4O)[C@H](O)[C@H]3O)[C@H](O)[C@H]2O)cc1. The highest BCUT2D eigenvalue weighted by Crippen LogP contribution is 2.37. The van der Waals surface area contributed by atoms with Crippen molar-refractivity contribution in [2.24, 2.45) is 0 Å². The highest BCUT2D eigenvalue weighted by Gasteiger charge is 2.57. The Balaban J connectivity index is 0.946. The summed E-state index contributed by atoms with van der Waals surface area (Å²) in [5.74, 6) is -0.0341. The summed E-state index contributed by atoms with van der Waals surface area (Å²) >= 11 is 0. The molecule has 34 heteroatoms. The van der Waals surface area contributed by atoms with Crippen LogP contribution in [0.25, 0.3) is 0 Å². The number of ether oxygens (including phenoxy) is 12. The maximum atomic E-state index is 11.3. The largest absolute Gasteiger partial charge is 0.462 e. The molecule has 0 radical (unpaired) electrons. The maximum absolute atomic E-state index is 11.3. The van der Waals surface area contributed by atoms with Gasteiger partial charge in [-0.05, 0) is 12.1 Å². The molecule has 0 saturated carbocycles. The molecule has 76 heavy (non-hydrogen) atoms. The first-order valence-corrected chi connectivity index (χ1v) is 23.7. The van der Waals surface area contributed by atoms with E-state index in [0.29, 0.717) is 0 Å². The summed E-state index contributed by atoms with van der Waals surface area (Å²) < 4.78 is 67.0. The molecular weight excluding hydrogens is 1050 g/mol. The minimum Gasteiger partial charge on any atom is -0.462 e. The van der Waals surface area contributed by atoms with Gasteiger partial charge >= 0.3 is 0 Å². The monoisotopic (exact) mass is 1110 g/mol. The summed E-state index contributed by atoms with van der Waals surface area (Å²) in [4.78, 5) is 10.3. The van der Waals surface area contributed by atoms with Gasteiger partial charge in [-0.25, -0.2) is 0 Å². The Kier molecular flexibility index (Phi) is 21.0. The second kappa shape index (κ2) is 26.2. The lowest BCUT2D eigenvalue weighted by atomic mass is 9.95. The number of nitro benzene ring substituents is 1. The van der Waals surface area contributed by atoms with Crippen LogP contribution in [0.3, 0.4) is 0 Å². The number of benzene rings is 1. The minimum atomic E-state index is -2.20. The van der Waals surface area contributed by atoms with E-state index in [0.717, 1.165) is 12.1 Å². The van der Waals surface area contributed by atoms with Crippen molar-refractivity contribution in [3.63, 3.8) is 0 Å². The van der Waals surface area contributed by atoms with Gasteiger partial charge in [-0.15, -0.1) is 0 Å². The number of aliphatic hydroxyl groups is 19. The van der Waals surface area contributed by atoms with E-state index in [4.69, 9.17) is 56.8 Å². The van der Waals surface area contributed by atoms with E-state index >= 15 is 0 Å². The van der Waals surface area contributed by atoms with Gasteiger partial charge in [0.25, 0.3) is 5.69 Å². The lowest BCUT2D eigenvalue weighted by molar-refractivity contribution is -0.395. The van der Waals surface area contributed by atoms with Crippen LogP contribution in [0.4, 0.5) is 5.69 Å². The highest BCUT2D eigenvalue weighted by atomic mass is 16.8. The molecule has 0 bridgehead atoms. The van der Waals surface area contributed by atoms with E-state index < -0.39 is 229 Å². The van der Waals surface area contributed by atoms with Gasteiger partial charge in [0.1, 0.15) is 152 Å². The van der Waals surface area contributed by atoms with Crippen molar-refractivity contribution >= 4 is 5.69 Å². The number of aliphatic hydroxyl groups excluding tert-OH is 19. The fourth-order valence-corrected chi connectivity index (χ4v) is 9.39. The molecule has 6 aliphatic heterocycles. The van der Waals surface area contributed by atoms with E-state index in [9.17, 15) is 107 Å². The van der Waals surface area contributed by atoms with E-state index in [1.54, 1.807) is 0 Å². The summed E-state index contributed by atoms with van der Waals surface area (Å²) in [6, 6.07) is 4.55. The molecule has 34 nitrogen and oxygen atoms in total. The van der Waals surface area contributed by atoms with Gasteiger partial charge < -0.3 is 154 Å². The standard InChI is InChI=1S/C42H65NO33/c44-5-13-19(50)20(51)26(57)38(66-13)72-33-15(7-46)68-40(28(59)22(33)53)74-35-17(9-48)70-42(30(61)24(35)55)76-36-18(10-49)71-41(31(62)25(36)56)75-34-16(8-47)69-39(29(60)23(34)54)73-32-14(6-45)67-37(27(58)21(32)52)65-12-3-1-11(2-4-12)43(63)64/h1-4,13-42,44-62H,5-10H2/t13-,14-,15-,16-,17-,18-,19-,20+,21-,22-,23-,24-,25-,26-,27-,28-,29-,30-,31-,32-,33-,34-,35-,36-,37-,38-,39-,40-,41-,42-/m1/s1. The van der Waals surface area contributed by atoms with Crippen LogP contribution in [0.5, 0.6) is 5.75 Å². The lowest BCUT2D eigenvalue weighted by Gasteiger charge is -2.49. The molecule has 7 rings (SSSR count). The summed E-state index contributed by atoms with van der Waals surface area (Å²) in [7, 11) is 0. The van der Waals surface area contributed by atoms with Crippen molar-refractivity contribution in [1.29, 1.82) is 0 Å². The van der Waals surface area contributed by atoms with Crippen LogP contribution in [-0.2, 0) is 52.1 Å². The second-order valence-corrected chi connectivity index (χ2v) is 18.6. The molecule has 30 atom stereocenters. The first-order chi connectivity index (χ1) is 36.1. The van der Waals surface area contributed by atoms with Crippen LogP contribution in [0.15, 0.2) is 24.3 Å². The van der Waals surface area contributed by atoms with Gasteiger partial charge in [-0.1, -0.05) is 0 Å². The zero-order valence-electron chi connectivity index (χ0n) is 39.5. The molecular formula is C42H65NO33. The quantitative estimate of drug-likeness (QED) is 0.0452. The normalized spacial score (nSPS) is 48.3. The van der Waals surface area contributed by atoms with Crippen LogP contribution in [0, 0.1) is 10.1 Å². The summed E-state index contributed by atoms with van der Waals surface area (Å²) in [6.07, 6.45) is -57.0. The van der Waals surface area contributed by atoms with Crippen molar-refractivity contribution in [3.8, 4) is 5.75 Å². The van der Waals surface area contributed by atoms with E-state index in [1.807, 2.05) is 0 Å². The molecule has 0 aromatic heterocycles. The third-order valence-corrected chi connectivity index (χ3v) is 13.7. The number of hydrogen-bond donors (Lipinski definition) is 19. The zero-order valence-corrected chi connectivity index (χ0v) is 39.5. The maximum Gasteiger partial charge on any atom is 0.269 e. The third kappa shape index (κ3) is 12.6. The van der Waals surface area contributed by atoms with Gasteiger partial charge in [-0.3, -0.25) is 10.1 Å². The van der Waals surface area contributed by atoms with E-state index in [2.05, 4.69) is 0 Å². The fraction of sp³-hybridized carbons (Fsp3) is 0.857. The van der Waals surface area contributed by atoms with Gasteiger partial charge in [0.15, 0.2) is 31.5 Å². The van der Waals surface area contributed by atoms with Crippen LogP contribution >= 0.6 is 0 Å². The van der Waals surface area contributed by atoms with Gasteiger partial charge in [0.2, 0.25) is 6.29 Å². The Labute approximate surface area is 428 Å². The average molecular weight is 1110 g/mol. The number of nitrogens with zero attached hydrogens (tertiary/aromatic N) is 1. The third-order valence-electron chi connectivity index (χ3n) is 13.7. The van der Waals surface area contributed by atoms with Crippen LogP contribution in [0.1, 0.15) is 0 Å².